The number of halogens is 1. The molecule has 0 radical (unpaired) electrons. The van der Waals surface area contributed by atoms with E-state index in [0.29, 0.717) is 18.1 Å². The van der Waals surface area contributed by atoms with Gasteiger partial charge in [0.25, 0.3) is 5.91 Å². The van der Waals surface area contributed by atoms with Crippen LogP contribution in [0.1, 0.15) is 13.8 Å². The van der Waals surface area contributed by atoms with Crippen LogP contribution in [-0.2, 0) is 9.53 Å². The Balaban J connectivity index is 2.30. The highest BCUT2D eigenvalue weighted by atomic mass is 35.5. The summed E-state index contributed by atoms with van der Waals surface area (Å²) in [5.41, 5.74) is 5.62. The van der Waals surface area contributed by atoms with Gasteiger partial charge in [0.2, 0.25) is 0 Å². The van der Waals surface area contributed by atoms with Crippen molar-refractivity contribution in [3.8, 4) is 0 Å². The van der Waals surface area contributed by atoms with E-state index in [0.717, 1.165) is 5.69 Å². The van der Waals surface area contributed by atoms with Crippen LogP contribution >= 0.6 is 11.6 Å². The molecular formula is C13H17ClN2O2. The van der Waals surface area contributed by atoms with Gasteiger partial charge in [-0.2, -0.15) is 0 Å². The van der Waals surface area contributed by atoms with Crippen molar-refractivity contribution in [1.29, 1.82) is 0 Å². The minimum Gasteiger partial charge on any atom is -0.359 e. The lowest BCUT2D eigenvalue weighted by Crippen LogP contribution is -2.59. The van der Waals surface area contributed by atoms with Crippen molar-refractivity contribution < 1.29 is 9.53 Å². The normalized spacial score (nSPS) is 23.2. The molecule has 0 saturated carbocycles. The second kappa shape index (κ2) is 4.88. The molecule has 1 amide bonds. The molecule has 1 saturated heterocycles. The van der Waals surface area contributed by atoms with Gasteiger partial charge in [0.1, 0.15) is 5.60 Å². The van der Waals surface area contributed by atoms with Gasteiger partial charge in [0.05, 0.1) is 12.6 Å². The second-order valence-electron chi connectivity index (χ2n) is 4.88. The number of ether oxygens (including phenoxy) is 1. The third-order valence-electron chi connectivity index (χ3n) is 3.01. The number of hydrogen-bond donors (Lipinski definition) is 1. The van der Waals surface area contributed by atoms with Crippen LogP contribution in [0.15, 0.2) is 24.3 Å². The molecule has 0 bridgehead atoms. The fourth-order valence-corrected chi connectivity index (χ4v) is 2.21. The first-order valence-electron chi connectivity index (χ1n) is 5.89. The topological polar surface area (TPSA) is 55.6 Å². The Bertz CT molecular complexity index is 445. The highest BCUT2D eigenvalue weighted by Crippen LogP contribution is 2.27. The van der Waals surface area contributed by atoms with Crippen molar-refractivity contribution in [3.05, 3.63) is 29.3 Å². The Labute approximate surface area is 112 Å². The summed E-state index contributed by atoms with van der Waals surface area (Å²) in [6.07, 6.45) is -0.145. The van der Waals surface area contributed by atoms with Crippen molar-refractivity contribution in [2.45, 2.75) is 25.6 Å². The van der Waals surface area contributed by atoms with E-state index in [1.165, 1.54) is 0 Å². The number of carbonyl (C=O) groups is 1. The molecule has 98 valence electrons. The van der Waals surface area contributed by atoms with Gasteiger partial charge < -0.3 is 15.4 Å². The van der Waals surface area contributed by atoms with Crippen LogP contribution < -0.4 is 10.6 Å². The van der Waals surface area contributed by atoms with E-state index in [9.17, 15) is 4.79 Å². The fraction of sp³-hybridized carbons (Fsp3) is 0.462. The third-order valence-corrected chi connectivity index (χ3v) is 3.26. The second-order valence-corrected chi connectivity index (χ2v) is 5.31. The standard InChI is InChI=1S/C13H17ClN2O2/c1-13(2)12(17)16(8-11(7-15)18-13)10-5-3-9(14)4-6-10/h3-6,11H,7-8,15H2,1-2H3. The SMILES string of the molecule is CC1(C)OC(CN)CN(c2ccc(Cl)cc2)C1=O. The molecule has 0 aromatic heterocycles. The number of benzene rings is 1. The smallest absolute Gasteiger partial charge is 0.258 e. The van der Waals surface area contributed by atoms with Gasteiger partial charge in [-0.15, -0.1) is 0 Å². The summed E-state index contributed by atoms with van der Waals surface area (Å²) in [5, 5.41) is 0.647. The van der Waals surface area contributed by atoms with Crippen LogP contribution in [0, 0.1) is 0 Å². The van der Waals surface area contributed by atoms with E-state index >= 15 is 0 Å². The first-order valence-corrected chi connectivity index (χ1v) is 6.27. The fourth-order valence-electron chi connectivity index (χ4n) is 2.08. The molecule has 1 aromatic rings. The molecule has 5 heteroatoms. The summed E-state index contributed by atoms with van der Waals surface area (Å²) >= 11 is 5.85. The van der Waals surface area contributed by atoms with E-state index in [4.69, 9.17) is 22.1 Å². The number of nitrogens with two attached hydrogens (primary N) is 1. The summed E-state index contributed by atoms with van der Waals surface area (Å²) in [4.78, 5) is 14.0. The third kappa shape index (κ3) is 2.51. The number of nitrogens with zero attached hydrogens (tertiary/aromatic N) is 1. The maximum atomic E-state index is 12.3. The highest BCUT2D eigenvalue weighted by Gasteiger charge is 2.41. The van der Waals surface area contributed by atoms with Crippen molar-refractivity contribution in [2.75, 3.05) is 18.0 Å². The number of hydrogen-bond acceptors (Lipinski definition) is 3. The van der Waals surface area contributed by atoms with Gasteiger partial charge >= 0.3 is 0 Å². The molecule has 1 heterocycles. The predicted octanol–water partition coefficient (Wildman–Crippen LogP) is 1.81. The molecule has 4 nitrogen and oxygen atoms in total. The molecule has 0 spiro atoms. The summed E-state index contributed by atoms with van der Waals surface area (Å²) < 4.78 is 5.67. The molecular weight excluding hydrogens is 252 g/mol. The number of rotatable bonds is 2. The van der Waals surface area contributed by atoms with Crippen LogP contribution in [0.2, 0.25) is 5.02 Å². The molecule has 1 unspecified atom stereocenters. The number of amides is 1. The molecule has 1 atom stereocenters. The van der Waals surface area contributed by atoms with Gasteiger partial charge in [-0.25, -0.2) is 0 Å². The largest absolute Gasteiger partial charge is 0.359 e. The van der Waals surface area contributed by atoms with Gasteiger partial charge in [-0.3, -0.25) is 4.79 Å². The van der Waals surface area contributed by atoms with E-state index in [-0.39, 0.29) is 12.0 Å². The number of carbonyl (C=O) groups excluding carboxylic acids is 1. The average molecular weight is 269 g/mol. The first-order chi connectivity index (χ1) is 8.44. The molecule has 1 aliphatic rings. The maximum Gasteiger partial charge on any atom is 0.258 e. The molecule has 1 aromatic carbocycles. The Hall–Kier alpha value is -1.10. The average Bonchev–Trinajstić information content (AvgIpc) is 2.33. The zero-order valence-electron chi connectivity index (χ0n) is 10.5. The molecule has 2 rings (SSSR count). The zero-order valence-corrected chi connectivity index (χ0v) is 11.3. The Morgan fingerprint density at radius 2 is 2.06 bits per heavy atom. The zero-order chi connectivity index (χ0) is 13.3. The Morgan fingerprint density at radius 1 is 1.44 bits per heavy atom. The van der Waals surface area contributed by atoms with E-state index in [1.807, 2.05) is 12.1 Å². The first kappa shape index (κ1) is 13.3. The summed E-state index contributed by atoms with van der Waals surface area (Å²) in [6, 6.07) is 7.19. The minimum atomic E-state index is -0.845. The summed E-state index contributed by atoms with van der Waals surface area (Å²) in [6.45, 7) is 4.39. The predicted molar refractivity (Wildman–Crippen MR) is 71.8 cm³/mol. The van der Waals surface area contributed by atoms with E-state index < -0.39 is 5.60 Å². The van der Waals surface area contributed by atoms with Gasteiger partial charge in [0, 0.05) is 17.3 Å². The van der Waals surface area contributed by atoms with Crippen molar-refractivity contribution >= 4 is 23.2 Å². The minimum absolute atomic E-state index is 0.0606. The number of anilines is 1. The lowest BCUT2D eigenvalue weighted by Gasteiger charge is -2.41. The van der Waals surface area contributed by atoms with Crippen LogP contribution in [0.25, 0.3) is 0 Å². The summed E-state index contributed by atoms with van der Waals surface area (Å²) in [7, 11) is 0. The van der Waals surface area contributed by atoms with E-state index in [2.05, 4.69) is 0 Å². The van der Waals surface area contributed by atoms with Gasteiger partial charge in [-0.05, 0) is 38.1 Å². The van der Waals surface area contributed by atoms with Gasteiger partial charge in [-0.1, -0.05) is 11.6 Å². The molecule has 1 fully saturated rings. The van der Waals surface area contributed by atoms with Crippen molar-refractivity contribution in [3.63, 3.8) is 0 Å². The molecule has 18 heavy (non-hydrogen) atoms. The molecule has 1 aliphatic heterocycles. The number of morpholine rings is 1. The lowest BCUT2D eigenvalue weighted by atomic mass is 10.0. The van der Waals surface area contributed by atoms with Crippen LogP contribution in [-0.4, -0.2) is 30.7 Å². The Morgan fingerprint density at radius 3 is 2.61 bits per heavy atom. The van der Waals surface area contributed by atoms with Crippen molar-refractivity contribution in [2.24, 2.45) is 5.73 Å². The quantitative estimate of drug-likeness (QED) is 0.890. The van der Waals surface area contributed by atoms with Gasteiger partial charge in [0.15, 0.2) is 0 Å². The van der Waals surface area contributed by atoms with E-state index in [1.54, 1.807) is 30.9 Å². The monoisotopic (exact) mass is 268 g/mol. The maximum absolute atomic E-state index is 12.3. The Kier molecular flexibility index (Phi) is 3.61. The van der Waals surface area contributed by atoms with Crippen LogP contribution in [0.3, 0.4) is 0 Å². The molecule has 0 aliphatic carbocycles. The summed E-state index contributed by atoms with van der Waals surface area (Å²) in [5.74, 6) is -0.0606. The van der Waals surface area contributed by atoms with Crippen LogP contribution in [0.5, 0.6) is 0 Å². The lowest BCUT2D eigenvalue weighted by molar-refractivity contribution is -0.153. The van der Waals surface area contributed by atoms with Crippen LogP contribution in [0.4, 0.5) is 5.69 Å². The highest BCUT2D eigenvalue weighted by molar-refractivity contribution is 6.30. The molecule has 2 N–H and O–H groups in total. The van der Waals surface area contributed by atoms with Crippen molar-refractivity contribution in [1.82, 2.24) is 0 Å².